The Morgan fingerprint density at radius 1 is 1.26 bits per heavy atom. The highest BCUT2D eigenvalue weighted by Gasteiger charge is 2.41. The second kappa shape index (κ2) is 8.39. The van der Waals surface area contributed by atoms with Gasteiger partial charge in [-0.25, -0.2) is 0 Å². The van der Waals surface area contributed by atoms with E-state index in [1.54, 1.807) is 19.1 Å². The fourth-order valence-corrected chi connectivity index (χ4v) is 4.79. The molecule has 0 bridgehead atoms. The van der Waals surface area contributed by atoms with Crippen molar-refractivity contribution in [2.24, 2.45) is 0 Å². The van der Waals surface area contributed by atoms with Crippen molar-refractivity contribution in [1.29, 1.82) is 0 Å². The number of thioether (sulfide) groups is 1. The van der Waals surface area contributed by atoms with Crippen molar-refractivity contribution in [2.75, 3.05) is 54.0 Å². The molecule has 1 aromatic rings. The molecule has 2 aliphatic rings. The number of amides is 2. The first kappa shape index (κ1) is 19.8. The lowest BCUT2D eigenvalue weighted by Crippen LogP contribution is -3.12. The number of nitrogens with zero attached hydrogens (tertiary/aromatic N) is 2. The number of nitrogens with one attached hydrogen (secondary N) is 1. The Hall–Kier alpha value is -1.93. The zero-order chi connectivity index (χ0) is 19.6. The van der Waals surface area contributed by atoms with Crippen LogP contribution >= 0.6 is 11.8 Å². The Kier molecular flexibility index (Phi) is 6.16. The summed E-state index contributed by atoms with van der Waals surface area (Å²) in [5, 5.41) is -0.463. The second-order valence-electron chi connectivity index (χ2n) is 7.04. The van der Waals surface area contributed by atoms with Crippen LogP contribution in [0.25, 0.3) is 0 Å². The van der Waals surface area contributed by atoms with E-state index >= 15 is 0 Å². The Labute approximate surface area is 164 Å². The summed E-state index contributed by atoms with van der Waals surface area (Å²) in [7, 11) is 5.35. The lowest BCUT2D eigenvalue weighted by molar-refractivity contribution is -0.883. The zero-order valence-electron chi connectivity index (χ0n) is 16.4. The quantitative estimate of drug-likeness (QED) is 0.763. The van der Waals surface area contributed by atoms with E-state index in [1.807, 2.05) is 30.0 Å². The average Bonchev–Trinajstić information content (AvgIpc) is 2.96. The van der Waals surface area contributed by atoms with Gasteiger partial charge in [0.05, 0.1) is 52.7 Å². The maximum absolute atomic E-state index is 12.8. The maximum Gasteiger partial charge on any atom is 0.242 e. The average molecular weight is 395 g/mol. The number of carbonyl (C=O) groups is 2. The first-order chi connectivity index (χ1) is 12.9. The standard InChI is InChI=1S/C19H27N3O4S/c1-13-18(24)22(12-17(23)21-9-7-20(2)8-10-21)19(27-13)15-11-14(25-3)5-6-16(15)26-4/h5-6,11,13,19H,7-10,12H2,1-4H3/p+1/t13-,19+/m0/s1. The van der Waals surface area contributed by atoms with E-state index < -0.39 is 0 Å². The van der Waals surface area contributed by atoms with Crippen LogP contribution in [0.15, 0.2) is 18.2 Å². The van der Waals surface area contributed by atoms with Crippen LogP contribution < -0.4 is 14.4 Å². The first-order valence-corrected chi connectivity index (χ1v) is 10.2. The van der Waals surface area contributed by atoms with Gasteiger partial charge in [0.25, 0.3) is 0 Å². The van der Waals surface area contributed by atoms with Crippen LogP contribution in [0, 0.1) is 0 Å². The van der Waals surface area contributed by atoms with Gasteiger partial charge in [-0.1, -0.05) is 0 Å². The predicted molar refractivity (Wildman–Crippen MR) is 104 cm³/mol. The third-order valence-corrected chi connectivity index (χ3v) is 6.60. The van der Waals surface area contributed by atoms with Crippen molar-refractivity contribution < 1.29 is 24.0 Å². The fourth-order valence-electron chi connectivity index (χ4n) is 3.49. The smallest absolute Gasteiger partial charge is 0.242 e. The van der Waals surface area contributed by atoms with Gasteiger partial charge >= 0.3 is 0 Å². The largest absolute Gasteiger partial charge is 0.497 e. The summed E-state index contributed by atoms with van der Waals surface area (Å²) < 4.78 is 10.8. The number of likely N-dealkylation sites (N-methyl/N-ethyl adjacent to an activating group) is 1. The highest BCUT2D eigenvalue weighted by molar-refractivity contribution is 8.01. The fraction of sp³-hybridized carbons (Fsp3) is 0.579. The van der Waals surface area contributed by atoms with Crippen molar-refractivity contribution in [1.82, 2.24) is 9.80 Å². The van der Waals surface area contributed by atoms with Gasteiger partial charge in [0.15, 0.2) is 0 Å². The number of hydrogen-bond acceptors (Lipinski definition) is 5. The number of hydrogen-bond donors (Lipinski definition) is 1. The van der Waals surface area contributed by atoms with Crippen LogP contribution in [0.1, 0.15) is 17.9 Å². The minimum Gasteiger partial charge on any atom is -0.497 e. The number of rotatable bonds is 5. The van der Waals surface area contributed by atoms with Crippen molar-refractivity contribution in [3.8, 4) is 11.5 Å². The van der Waals surface area contributed by atoms with E-state index in [-0.39, 0.29) is 29.0 Å². The third-order valence-electron chi connectivity index (χ3n) is 5.23. The summed E-state index contributed by atoms with van der Waals surface area (Å²) in [6, 6.07) is 5.55. The van der Waals surface area contributed by atoms with Crippen LogP contribution in [0.2, 0.25) is 0 Å². The molecule has 8 heteroatoms. The van der Waals surface area contributed by atoms with Gasteiger partial charge in [-0.05, 0) is 25.1 Å². The van der Waals surface area contributed by atoms with Crippen molar-refractivity contribution in [3.05, 3.63) is 23.8 Å². The van der Waals surface area contributed by atoms with Crippen LogP contribution in [-0.2, 0) is 9.59 Å². The normalized spacial score (nSPS) is 23.6. The number of ether oxygens (including phenoxy) is 2. The van der Waals surface area contributed by atoms with Crippen LogP contribution in [-0.4, -0.2) is 80.9 Å². The summed E-state index contributed by atoms with van der Waals surface area (Å²) in [5.74, 6) is 1.39. The Balaban J connectivity index is 1.82. The molecule has 1 N–H and O–H groups in total. The molecule has 2 fully saturated rings. The highest BCUT2D eigenvalue weighted by atomic mass is 32.2. The van der Waals surface area contributed by atoms with Gasteiger partial charge in [0.1, 0.15) is 23.4 Å². The Morgan fingerprint density at radius 3 is 2.59 bits per heavy atom. The van der Waals surface area contributed by atoms with Crippen molar-refractivity contribution in [2.45, 2.75) is 17.5 Å². The molecule has 27 heavy (non-hydrogen) atoms. The summed E-state index contributed by atoms with van der Waals surface area (Å²) >= 11 is 1.54. The summed E-state index contributed by atoms with van der Waals surface area (Å²) in [5.41, 5.74) is 0.857. The molecule has 0 spiro atoms. The topological polar surface area (TPSA) is 63.5 Å². The molecular weight excluding hydrogens is 366 g/mol. The molecule has 0 unspecified atom stereocenters. The molecule has 3 rings (SSSR count). The van der Waals surface area contributed by atoms with Gasteiger partial charge in [-0.2, -0.15) is 0 Å². The number of piperazine rings is 1. The molecule has 2 amide bonds. The van der Waals surface area contributed by atoms with Crippen molar-refractivity contribution in [3.63, 3.8) is 0 Å². The molecule has 7 nitrogen and oxygen atoms in total. The molecule has 0 radical (unpaired) electrons. The molecule has 2 aliphatic heterocycles. The third kappa shape index (κ3) is 4.16. The van der Waals surface area contributed by atoms with Gasteiger partial charge in [-0.3, -0.25) is 9.59 Å². The summed E-state index contributed by atoms with van der Waals surface area (Å²) in [6.45, 7) is 5.34. The van der Waals surface area contributed by atoms with E-state index in [0.717, 1.165) is 31.7 Å². The van der Waals surface area contributed by atoms with E-state index in [1.165, 1.54) is 16.7 Å². The minimum atomic E-state index is -0.264. The van der Waals surface area contributed by atoms with Crippen molar-refractivity contribution >= 4 is 23.6 Å². The van der Waals surface area contributed by atoms with Crippen LogP contribution in [0.3, 0.4) is 0 Å². The van der Waals surface area contributed by atoms with Crippen LogP contribution in [0.5, 0.6) is 11.5 Å². The van der Waals surface area contributed by atoms with E-state index in [4.69, 9.17) is 9.47 Å². The molecule has 0 saturated carbocycles. The minimum absolute atomic E-state index is 0.0111. The van der Waals surface area contributed by atoms with Crippen LogP contribution in [0.4, 0.5) is 0 Å². The first-order valence-electron chi connectivity index (χ1n) is 9.21. The lowest BCUT2D eigenvalue weighted by Gasteiger charge is -2.32. The van der Waals surface area contributed by atoms with Gasteiger partial charge in [0.2, 0.25) is 11.8 Å². The molecule has 0 aliphatic carbocycles. The van der Waals surface area contributed by atoms with Gasteiger partial charge in [0, 0.05) is 5.56 Å². The second-order valence-corrected chi connectivity index (χ2v) is 8.47. The molecule has 2 atom stereocenters. The van der Waals surface area contributed by atoms with E-state index in [2.05, 4.69) is 7.05 Å². The lowest BCUT2D eigenvalue weighted by atomic mass is 10.1. The number of benzene rings is 1. The Morgan fingerprint density at radius 2 is 1.96 bits per heavy atom. The number of methoxy groups -OCH3 is 2. The SMILES string of the molecule is COc1ccc(OC)c([C@H]2S[C@@H](C)C(=O)N2CC(=O)N2CC[NH+](C)CC2)c1. The maximum atomic E-state index is 12.8. The molecule has 2 saturated heterocycles. The van der Waals surface area contributed by atoms with Gasteiger partial charge in [-0.15, -0.1) is 11.8 Å². The molecule has 148 valence electrons. The monoisotopic (exact) mass is 394 g/mol. The van der Waals surface area contributed by atoms with E-state index in [0.29, 0.717) is 11.5 Å². The van der Waals surface area contributed by atoms with E-state index in [9.17, 15) is 9.59 Å². The zero-order valence-corrected chi connectivity index (χ0v) is 17.2. The molecule has 0 aromatic heterocycles. The molecule has 1 aromatic carbocycles. The predicted octanol–water partition coefficient (Wildman–Crippen LogP) is 0.0232. The summed E-state index contributed by atoms with van der Waals surface area (Å²) in [6.07, 6.45) is 0. The Bertz CT molecular complexity index is 706. The summed E-state index contributed by atoms with van der Waals surface area (Å²) in [4.78, 5) is 30.6. The number of carbonyl (C=O) groups excluding carboxylic acids is 2. The van der Waals surface area contributed by atoms with Gasteiger partial charge < -0.3 is 24.2 Å². The highest BCUT2D eigenvalue weighted by Crippen LogP contribution is 2.46. The molecule has 2 heterocycles. The number of quaternary nitrogens is 1. The molecular formula is C19H28N3O4S+.